The van der Waals surface area contributed by atoms with Gasteiger partial charge in [-0.1, -0.05) is 13.8 Å². The lowest BCUT2D eigenvalue weighted by Gasteiger charge is -2.36. The van der Waals surface area contributed by atoms with E-state index in [9.17, 15) is 13.2 Å². The summed E-state index contributed by atoms with van der Waals surface area (Å²) >= 11 is 0. The van der Waals surface area contributed by atoms with Crippen molar-refractivity contribution in [3.63, 3.8) is 0 Å². The number of likely N-dealkylation sites (N-methyl/N-ethyl adjacent to an activating group) is 1. The molecular weight excluding hydrogens is 292 g/mol. The van der Waals surface area contributed by atoms with Crippen molar-refractivity contribution < 1.29 is 13.2 Å². The number of hydrogen-bond donors (Lipinski definition) is 0. The maximum atomic E-state index is 12.6. The summed E-state index contributed by atoms with van der Waals surface area (Å²) in [6.07, 6.45) is 3.05. The van der Waals surface area contributed by atoms with Crippen molar-refractivity contribution in [2.24, 2.45) is 5.92 Å². The molecule has 1 aliphatic heterocycles. The highest BCUT2D eigenvalue weighted by molar-refractivity contribution is 7.89. The second-order valence-electron chi connectivity index (χ2n) is 5.95. The van der Waals surface area contributed by atoms with E-state index in [0.717, 1.165) is 0 Å². The van der Waals surface area contributed by atoms with E-state index in [-0.39, 0.29) is 23.5 Å². The van der Waals surface area contributed by atoms with Gasteiger partial charge in [0.05, 0.1) is 12.9 Å². The molecule has 2 heterocycles. The lowest BCUT2D eigenvalue weighted by atomic mass is 10.2. The Kier molecular flexibility index (Phi) is 4.38. The first-order chi connectivity index (χ1) is 9.71. The summed E-state index contributed by atoms with van der Waals surface area (Å²) in [6.45, 7) is 6.81. The number of hydrogen-bond acceptors (Lipinski definition) is 4. The van der Waals surface area contributed by atoms with E-state index in [2.05, 4.69) is 18.8 Å². The van der Waals surface area contributed by atoms with E-state index in [4.69, 9.17) is 0 Å². The van der Waals surface area contributed by atoms with Crippen LogP contribution in [0.2, 0.25) is 0 Å². The maximum absolute atomic E-state index is 12.6. The molecule has 1 aliphatic rings. The molecule has 8 heteroatoms. The summed E-state index contributed by atoms with van der Waals surface area (Å²) in [5.41, 5.74) is 0. The molecule has 1 fully saturated rings. The highest BCUT2D eigenvalue weighted by Gasteiger charge is 2.36. The first kappa shape index (κ1) is 16.0. The summed E-state index contributed by atoms with van der Waals surface area (Å²) in [5.74, 6) is 0.207. The van der Waals surface area contributed by atoms with Crippen LogP contribution >= 0.6 is 0 Å². The average molecular weight is 314 g/mol. The van der Waals surface area contributed by atoms with Gasteiger partial charge >= 0.3 is 0 Å². The maximum Gasteiger partial charge on any atom is 0.262 e. The molecule has 0 bridgehead atoms. The molecule has 0 aliphatic carbocycles. The normalized spacial score (nSPS) is 21.3. The van der Waals surface area contributed by atoms with Crippen LogP contribution < -0.4 is 0 Å². The van der Waals surface area contributed by atoms with Gasteiger partial charge in [0.15, 0.2) is 5.03 Å². The number of nitrogens with zero attached hydrogens (tertiary/aromatic N) is 4. The summed E-state index contributed by atoms with van der Waals surface area (Å²) in [6, 6.07) is -0.140. The van der Waals surface area contributed by atoms with Crippen LogP contribution in [0.15, 0.2) is 17.6 Å². The van der Waals surface area contributed by atoms with Crippen LogP contribution in [0.5, 0.6) is 0 Å². The third-order valence-electron chi connectivity index (χ3n) is 3.62. The van der Waals surface area contributed by atoms with Crippen LogP contribution in [0, 0.1) is 5.92 Å². The van der Waals surface area contributed by atoms with E-state index in [1.165, 1.54) is 16.8 Å². The van der Waals surface area contributed by atoms with Crippen molar-refractivity contribution in [2.75, 3.05) is 20.1 Å². The Morgan fingerprint density at radius 3 is 2.67 bits per heavy atom. The number of imidazole rings is 1. The molecule has 21 heavy (non-hydrogen) atoms. The van der Waals surface area contributed by atoms with Crippen molar-refractivity contribution in [1.29, 1.82) is 0 Å². The van der Waals surface area contributed by atoms with Gasteiger partial charge in [-0.25, -0.2) is 13.4 Å². The van der Waals surface area contributed by atoms with Crippen LogP contribution in [-0.2, 0) is 21.4 Å². The predicted octanol–water partition coefficient (Wildman–Crippen LogP) is 0.390. The lowest BCUT2D eigenvalue weighted by molar-refractivity contribution is -0.135. The molecule has 1 unspecified atom stereocenters. The van der Waals surface area contributed by atoms with E-state index >= 15 is 0 Å². The molecule has 1 aromatic heterocycles. The van der Waals surface area contributed by atoms with Gasteiger partial charge in [-0.05, 0) is 12.8 Å². The Bertz CT molecular complexity index is 623. The Hall–Kier alpha value is -1.41. The minimum Gasteiger partial charge on any atom is -0.341 e. The van der Waals surface area contributed by atoms with Crippen LogP contribution in [0.4, 0.5) is 0 Å². The van der Waals surface area contributed by atoms with E-state index in [1.807, 2.05) is 6.92 Å². The monoisotopic (exact) mass is 314 g/mol. The highest BCUT2D eigenvalue weighted by atomic mass is 32.2. The molecule has 1 aromatic rings. The molecule has 0 radical (unpaired) electrons. The molecule has 0 saturated carbocycles. The first-order valence-electron chi connectivity index (χ1n) is 6.99. The van der Waals surface area contributed by atoms with Crippen molar-refractivity contribution >= 4 is 15.9 Å². The molecule has 1 amide bonds. The van der Waals surface area contributed by atoms with E-state index in [1.54, 1.807) is 16.5 Å². The minimum absolute atomic E-state index is 0.00713. The number of rotatable bonds is 4. The third kappa shape index (κ3) is 3.26. The fraction of sp³-hybridized carbons (Fsp3) is 0.692. The zero-order valence-corrected chi connectivity index (χ0v) is 13.7. The molecule has 0 aromatic carbocycles. The fourth-order valence-electron chi connectivity index (χ4n) is 2.30. The molecule has 118 valence electrons. The lowest BCUT2D eigenvalue weighted by Crippen LogP contribution is -2.55. The summed E-state index contributed by atoms with van der Waals surface area (Å²) in [5, 5.41) is 0.00713. The second-order valence-corrected chi connectivity index (χ2v) is 7.84. The van der Waals surface area contributed by atoms with Gasteiger partial charge in [-0.15, -0.1) is 0 Å². The van der Waals surface area contributed by atoms with Crippen molar-refractivity contribution in [2.45, 2.75) is 38.4 Å². The summed E-state index contributed by atoms with van der Waals surface area (Å²) in [4.78, 5) is 17.4. The van der Waals surface area contributed by atoms with Gasteiger partial charge in [0, 0.05) is 32.4 Å². The molecule has 0 spiro atoms. The van der Waals surface area contributed by atoms with Gasteiger partial charge in [0.2, 0.25) is 5.91 Å². The van der Waals surface area contributed by atoms with Crippen LogP contribution in [-0.4, -0.2) is 59.3 Å². The number of piperazine rings is 1. The average Bonchev–Trinajstić information content (AvgIpc) is 2.83. The molecule has 1 atom stereocenters. The Morgan fingerprint density at radius 2 is 2.10 bits per heavy atom. The van der Waals surface area contributed by atoms with Gasteiger partial charge in [0.25, 0.3) is 10.0 Å². The largest absolute Gasteiger partial charge is 0.341 e. The number of amides is 1. The van der Waals surface area contributed by atoms with Crippen LogP contribution in [0.25, 0.3) is 0 Å². The fourth-order valence-corrected chi connectivity index (χ4v) is 3.71. The molecule has 2 rings (SSSR count). The summed E-state index contributed by atoms with van der Waals surface area (Å²) < 4.78 is 28.1. The molecule has 1 saturated heterocycles. The third-order valence-corrected chi connectivity index (χ3v) is 5.32. The topological polar surface area (TPSA) is 75.5 Å². The van der Waals surface area contributed by atoms with Gasteiger partial charge in [-0.2, -0.15) is 4.31 Å². The van der Waals surface area contributed by atoms with E-state index < -0.39 is 10.0 Å². The van der Waals surface area contributed by atoms with Crippen molar-refractivity contribution in [3.8, 4) is 0 Å². The Balaban J connectivity index is 2.22. The van der Waals surface area contributed by atoms with E-state index in [0.29, 0.717) is 19.0 Å². The predicted molar refractivity (Wildman–Crippen MR) is 78.1 cm³/mol. The van der Waals surface area contributed by atoms with Crippen molar-refractivity contribution in [1.82, 2.24) is 18.8 Å². The number of aromatic nitrogens is 2. The standard InChI is InChI=1S/C13H22N4O3S/c1-10(2)5-16-7-12(14-9-16)21(19,20)17-6-11(3)15(4)13(18)8-17/h7,9-11H,5-6,8H2,1-4H3. The van der Waals surface area contributed by atoms with Gasteiger partial charge in [-0.3, -0.25) is 4.79 Å². The quantitative estimate of drug-likeness (QED) is 0.806. The van der Waals surface area contributed by atoms with Crippen LogP contribution in [0.3, 0.4) is 0 Å². The highest BCUT2D eigenvalue weighted by Crippen LogP contribution is 2.18. The molecule has 0 N–H and O–H groups in total. The SMILES string of the molecule is CC(C)Cn1cnc(S(=O)(=O)N2CC(=O)N(C)C(C)C2)c1. The first-order valence-corrected chi connectivity index (χ1v) is 8.43. The smallest absolute Gasteiger partial charge is 0.262 e. The van der Waals surface area contributed by atoms with Gasteiger partial charge in [0.1, 0.15) is 0 Å². The Morgan fingerprint density at radius 1 is 1.43 bits per heavy atom. The summed E-state index contributed by atoms with van der Waals surface area (Å²) in [7, 11) is -2.02. The van der Waals surface area contributed by atoms with Crippen molar-refractivity contribution in [3.05, 3.63) is 12.5 Å². The zero-order chi connectivity index (χ0) is 15.8. The number of carbonyl (C=O) groups excluding carboxylic acids is 1. The molecular formula is C13H22N4O3S. The number of carbonyl (C=O) groups is 1. The van der Waals surface area contributed by atoms with Crippen LogP contribution in [0.1, 0.15) is 20.8 Å². The zero-order valence-electron chi connectivity index (χ0n) is 12.9. The molecule has 7 nitrogen and oxygen atoms in total. The number of sulfonamides is 1. The second kappa shape index (κ2) is 5.76. The Labute approximate surface area is 125 Å². The minimum atomic E-state index is -3.71. The van der Waals surface area contributed by atoms with Gasteiger partial charge < -0.3 is 9.47 Å².